The van der Waals surface area contributed by atoms with Gasteiger partial charge in [-0.25, -0.2) is 13.2 Å². The first-order valence-electron chi connectivity index (χ1n) is 12.4. The topological polar surface area (TPSA) is 145 Å². The summed E-state index contributed by atoms with van der Waals surface area (Å²) in [4.78, 5) is 35.5. The maximum Gasteiger partial charge on any atom is 0.338 e. The van der Waals surface area contributed by atoms with Gasteiger partial charge in [-0.2, -0.15) is 0 Å². The number of hydrogen-bond donors (Lipinski definition) is 1. The largest absolute Gasteiger partial charge is 0.496 e. The molecule has 0 aromatic heterocycles. The minimum atomic E-state index is -4.35. The Balaban J connectivity index is 1.55. The molecule has 0 bridgehead atoms. The van der Waals surface area contributed by atoms with E-state index in [2.05, 4.69) is 5.32 Å². The number of amides is 1. The molecule has 0 fully saturated rings. The van der Waals surface area contributed by atoms with Crippen molar-refractivity contribution in [3.05, 3.63) is 122 Å². The lowest BCUT2D eigenvalue weighted by Crippen LogP contribution is -2.31. The van der Waals surface area contributed by atoms with E-state index in [0.29, 0.717) is 16.3 Å². The van der Waals surface area contributed by atoms with Gasteiger partial charge in [0.25, 0.3) is 21.6 Å². The highest BCUT2D eigenvalue weighted by Gasteiger charge is 2.29. The SMILES string of the molecule is COc1ccc(NC(=O)COC(=O)c2ccc(Cl)c(S(=O)(=O)N(Cc3ccccc3)c3ccc(Cl)cc3)c2)c([N+](=O)[O-])c1. The van der Waals surface area contributed by atoms with Gasteiger partial charge in [-0.3, -0.25) is 19.2 Å². The number of nitro benzene ring substituents is 1. The van der Waals surface area contributed by atoms with Crippen molar-refractivity contribution in [1.29, 1.82) is 0 Å². The summed E-state index contributed by atoms with van der Waals surface area (Å²) < 4.78 is 39.0. The minimum absolute atomic E-state index is 0.0481. The fourth-order valence-electron chi connectivity index (χ4n) is 3.91. The van der Waals surface area contributed by atoms with E-state index in [1.54, 1.807) is 54.6 Å². The molecule has 1 N–H and O–H groups in total. The molecule has 4 aromatic rings. The zero-order valence-corrected chi connectivity index (χ0v) is 24.7. The Kier molecular flexibility index (Phi) is 9.86. The highest BCUT2D eigenvalue weighted by atomic mass is 35.5. The Morgan fingerprint density at radius 1 is 0.953 bits per heavy atom. The third kappa shape index (κ3) is 7.60. The number of nitrogens with zero attached hydrogens (tertiary/aromatic N) is 2. The van der Waals surface area contributed by atoms with Crippen molar-refractivity contribution in [1.82, 2.24) is 0 Å². The number of anilines is 2. The third-order valence-corrected chi connectivity index (χ3v) is 8.54. The van der Waals surface area contributed by atoms with Gasteiger partial charge >= 0.3 is 5.97 Å². The molecule has 0 saturated heterocycles. The van der Waals surface area contributed by atoms with E-state index in [1.165, 1.54) is 31.4 Å². The van der Waals surface area contributed by atoms with Gasteiger partial charge in [-0.05, 0) is 60.2 Å². The average molecular weight is 644 g/mol. The monoisotopic (exact) mass is 643 g/mol. The lowest BCUT2D eigenvalue weighted by Gasteiger charge is -2.25. The first kappa shape index (κ1) is 31.3. The second-order valence-corrected chi connectivity index (χ2v) is 11.6. The Morgan fingerprint density at radius 2 is 1.65 bits per heavy atom. The van der Waals surface area contributed by atoms with E-state index in [-0.39, 0.29) is 33.5 Å². The van der Waals surface area contributed by atoms with E-state index in [4.69, 9.17) is 32.7 Å². The Labute approximate surface area is 256 Å². The number of nitro groups is 1. The molecular weight excluding hydrogens is 621 g/mol. The zero-order valence-electron chi connectivity index (χ0n) is 22.4. The molecule has 0 heterocycles. The Bertz CT molecular complexity index is 1770. The van der Waals surface area contributed by atoms with Crippen LogP contribution in [0.2, 0.25) is 10.0 Å². The number of carbonyl (C=O) groups excluding carboxylic acids is 2. The van der Waals surface area contributed by atoms with Crippen molar-refractivity contribution in [2.24, 2.45) is 0 Å². The number of ether oxygens (including phenoxy) is 2. The predicted octanol–water partition coefficient (Wildman–Crippen LogP) is 6.10. The van der Waals surface area contributed by atoms with Gasteiger partial charge in [0.1, 0.15) is 16.3 Å². The van der Waals surface area contributed by atoms with Crippen molar-refractivity contribution in [2.45, 2.75) is 11.4 Å². The first-order valence-corrected chi connectivity index (χ1v) is 14.6. The van der Waals surface area contributed by atoms with Crippen LogP contribution in [-0.2, 0) is 26.1 Å². The van der Waals surface area contributed by atoms with E-state index in [9.17, 15) is 28.1 Å². The quantitative estimate of drug-likeness (QED) is 0.117. The van der Waals surface area contributed by atoms with Gasteiger partial charge in [0.15, 0.2) is 6.61 Å². The number of nitrogens with one attached hydrogen (secondary N) is 1. The number of methoxy groups -OCH3 is 1. The summed E-state index contributed by atoms with van der Waals surface area (Å²) in [7, 11) is -3.01. The highest BCUT2D eigenvalue weighted by molar-refractivity contribution is 7.93. The molecule has 0 radical (unpaired) electrons. The number of esters is 1. The minimum Gasteiger partial charge on any atom is -0.496 e. The molecule has 14 heteroatoms. The van der Waals surface area contributed by atoms with Crippen molar-refractivity contribution >= 4 is 62.2 Å². The van der Waals surface area contributed by atoms with Crippen LogP contribution in [0.1, 0.15) is 15.9 Å². The van der Waals surface area contributed by atoms with Gasteiger partial charge < -0.3 is 14.8 Å². The molecule has 4 aromatic carbocycles. The van der Waals surface area contributed by atoms with Crippen molar-refractivity contribution in [3.63, 3.8) is 0 Å². The van der Waals surface area contributed by atoms with Crippen LogP contribution in [0, 0.1) is 10.1 Å². The molecule has 0 aliphatic rings. The summed E-state index contributed by atoms with van der Waals surface area (Å²) in [5, 5.41) is 13.9. The summed E-state index contributed by atoms with van der Waals surface area (Å²) in [5.74, 6) is -1.67. The van der Waals surface area contributed by atoms with Crippen LogP contribution in [0.25, 0.3) is 0 Å². The number of halogens is 2. The van der Waals surface area contributed by atoms with Gasteiger partial charge in [-0.1, -0.05) is 53.5 Å². The van der Waals surface area contributed by atoms with E-state index < -0.39 is 39.1 Å². The van der Waals surface area contributed by atoms with E-state index in [1.807, 2.05) is 0 Å². The summed E-state index contributed by atoms with van der Waals surface area (Å²) in [6.07, 6.45) is 0. The van der Waals surface area contributed by atoms with Crippen LogP contribution in [0.3, 0.4) is 0 Å². The van der Waals surface area contributed by atoms with Gasteiger partial charge in [0, 0.05) is 5.02 Å². The second kappa shape index (κ2) is 13.6. The molecule has 0 atom stereocenters. The van der Waals surface area contributed by atoms with Crippen LogP contribution in [0.15, 0.2) is 95.9 Å². The van der Waals surface area contributed by atoms with Crippen LogP contribution in [-0.4, -0.2) is 38.9 Å². The summed E-state index contributed by atoms with van der Waals surface area (Å²) in [6, 6.07) is 22.4. The normalized spacial score (nSPS) is 11.0. The summed E-state index contributed by atoms with van der Waals surface area (Å²) >= 11 is 12.3. The second-order valence-electron chi connectivity index (χ2n) is 8.88. The fourth-order valence-corrected chi connectivity index (χ4v) is 6.00. The van der Waals surface area contributed by atoms with Gasteiger partial charge in [0.05, 0.1) is 40.9 Å². The van der Waals surface area contributed by atoms with E-state index in [0.717, 1.165) is 16.4 Å². The molecule has 43 heavy (non-hydrogen) atoms. The molecule has 11 nitrogen and oxygen atoms in total. The standard InChI is InChI=1S/C29H23Cl2N3O8S/c1-41-23-12-14-25(26(16-23)34(37)38)32-28(35)18-42-29(36)20-7-13-24(31)27(15-20)43(39,40)33(17-19-5-3-2-4-6-19)22-10-8-21(30)9-11-22/h2-16H,17-18H2,1H3,(H,32,35). The maximum atomic E-state index is 13.9. The van der Waals surface area contributed by atoms with Crippen LogP contribution < -0.4 is 14.4 Å². The van der Waals surface area contributed by atoms with E-state index >= 15 is 0 Å². The molecule has 4 rings (SSSR count). The molecule has 0 unspecified atom stereocenters. The van der Waals surface area contributed by atoms with Crippen LogP contribution in [0.4, 0.5) is 17.1 Å². The lowest BCUT2D eigenvalue weighted by molar-refractivity contribution is -0.384. The van der Waals surface area contributed by atoms with Crippen molar-refractivity contribution in [3.8, 4) is 5.75 Å². The van der Waals surface area contributed by atoms with Crippen molar-refractivity contribution < 1.29 is 32.4 Å². The number of rotatable bonds is 11. The summed E-state index contributed by atoms with van der Waals surface area (Å²) in [6.45, 7) is -0.856. The molecule has 222 valence electrons. The Morgan fingerprint density at radius 3 is 2.30 bits per heavy atom. The molecule has 0 saturated carbocycles. The number of benzene rings is 4. The van der Waals surface area contributed by atoms with Crippen LogP contribution >= 0.6 is 23.2 Å². The predicted molar refractivity (Wildman–Crippen MR) is 161 cm³/mol. The van der Waals surface area contributed by atoms with Gasteiger partial charge in [-0.15, -0.1) is 0 Å². The molecular formula is C29H23Cl2N3O8S. The molecule has 0 spiro atoms. The van der Waals surface area contributed by atoms with Crippen molar-refractivity contribution in [2.75, 3.05) is 23.3 Å². The number of hydrogen-bond acceptors (Lipinski definition) is 8. The fraction of sp³-hybridized carbons (Fsp3) is 0.103. The smallest absolute Gasteiger partial charge is 0.338 e. The number of carbonyl (C=O) groups is 2. The number of sulfonamides is 1. The first-order chi connectivity index (χ1) is 20.5. The highest BCUT2D eigenvalue weighted by Crippen LogP contribution is 2.32. The van der Waals surface area contributed by atoms with Crippen LogP contribution in [0.5, 0.6) is 5.75 Å². The maximum absolute atomic E-state index is 13.9. The van der Waals surface area contributed by atoms with Gasteiger partial charge in [0.2, 0.25) is 0 Å². The molecule has 1 amide bonds. The zero-order chi connectivity index (χ0) is 31.1. The lowest BCUT2D eigenvalue weighted by atomic mass is 10.2. The molecule has 0 aliphatic heterocycles. The third-order valence-electron chi connectivity index (χ3n) is 6.03. The Hall–Kier alpha value is -4.65. The molecule has 0 aliphatic carbocycles. The average Bonchev–Trinajstić information content (AvgIpc) is 3.00. The summed E-state index contributed by atoms with van der Waals surface area (Å²) in [5.41, 5.74) is 0.249.